The fourth-order valence-corrected chi connectivity index (χ4v) is 3.27. The van der Waals surface area contributed by atoms with Crippen molar-refractivity contribution in [2.45, 2.75) is 52.6 Å². The molecule has 0 aromatic heterocycles. The number of rotatable bonds is 8. The molecule has 1 atom stereocenters. The Morgan fingerprint density at radius 2 is 1.93 bits per heavy atom. The maximum absolute atomic E-state index is 12.1. The molecule has 1 fully saturated rings. The van der Waals surface area contributed by atoms with Crippen molar-refractivity contribution in [1.29, 1.82) is 0 Å². The number of nitrogens with zero attached hydrogens (tertiary/aromatic N) is 2. The number of amides is 2. The van der Waals surface area contributed by atoms with Gasteiger partial charge >= 0.3 is 0 Å². The summed E-state index contributed by atoms with van der Waals surface area (Å²) < 4.78 is 0. The van der Waals surface area contributed by atoms with Crippen LogP contribution in [0.15, 0.2) is 29.3 Å². The Morgan fingerprint density at radius 1 is 1.21 bits per heavy atom. The lowest BCUT2D eigenvalue weighted by molar-refractivity contribution is -0.133. The fourth-order valence-electron chi connectivity index (χ4n) is 3.27. The van der Waals surface area contributed by atoms with Gasteiger partial charge < -0.3 is 20.9 Å². The number of unbranched alkanes of at least 4 members (excludes halogenated alkanes) is 1. The lowest BCUT2D eigenvalue weighted by Crippen LogP contribution is -2.45. The zero-order chi connectivity index (χ0) is 21.2. The highest BCUT2D eigenvalue weighted by molar-refractivity contribution is 5.94. The Bertz CT molecular complexity index is 700. The van der Waals surface area contributed by atoms with E-state index in [4.69, 9.17) is 0 Å². The van der Waals surface area contributed by atoms with Crippen LogP contribution in [0, 0.1) is 5.92 Å². The SMILES string of the molecule is CCCCNC(=O)c1ccc(CNC(=NC)NC2CCN(C(=O)C(C)C)C2)cc1. The zero-order valence-electron chi connectivity index (χ0n) is 18.1. The molecule has 0 radical (unpaired) electrons. The van der Waals surface area contributed by atoms with Gasteiger partial charge in [-0.1, -0.05) is 39.3 Å². The molecule has 1 aromatic rings. The molecule has 1 saturated heterocycles. The van der Waals surface area contributed by atoms with Gasteiger partial charge in [0.1, 0.15) is 0 Å². The molecule has 0 bridgehead atoms. The molecule has 7 nitrogen and oxygen atoms in total. The highest BCUT2D eigenvalue weighted by Gasteiger charge is 2.27. The monoisotopic (exact) mass is 401 g/mol. The number of guanidine groups is 1. The second kappa shape index (κ2) is 11.4. The molecule has 1 aliphatic heterocycles. The molecule has 29 heavy (non-hydrogen) atoms. The smallest absolute Gasteiger partial charge is 0.251 e. The molecule has 0 saturated carbocycles. The Labute approximate surface area is 174 Å². The summed E-state index contributed by atoms with van der Waals surface area (Å²) in [4.78, 5) is 30.4. The lowest BCUT2D eigenvalue weighted by Gasteiger charge is -2.20. The van der Waals surface area contributed by atoms with Gasteiger partial charge in [0.25, 0.3) is 5.91 Å². The summed E-state index contributed by atoms with van der Waals surface area (Å²) >= 11 is 0. The van der Waals surface area contributed by atoms with E-state index in [1.165, 1.54) is 0 Å². The second-order valence-corrected chi connectivity index (χ2v) is 7.80. The van der Waals surface area contributed by atoms with Crippen LogP contribution in [0.5, 0.6) is 0 Å². The van der Waals surface area contributed by atoms with Crippen molar-refractivity contribution in [3.8, 4) is 0 Å². The largest absolute Gasteiger partial charge is 0.352 e. The minimum atomic E-state index is -0.0304. The van der Waals surface area contributed by atoms with Gasteiger partial charge in [-0.05, 0) is 30.5 Å². The second-order valence-electron chi connectivity index (χ2n) is 7.80. The number of likely N-dealkylation sites (tertiary alicyclic amines) is 1. The number of aliphatic imine (C=N–C) groups is 1. The van der Waals surface area contributed by atoms with Crippen molar-refractivity contribution in [3.63, 3.8) is 0 Å². The minimum Gasteiger partial charge on any atom is -0.352 e. The van der Waals surface area contributed by atoms with E-state index in [9.17, 15) is 9.59 Å². The molecular formula is C22H35N5O2. The first kappa shape index (κ1) is 22.7. The molecule has 1 heterocycles. The summed E-state index contributed by atoms with van der Waals surface area (Å²) in [7, 11) is 1.74. The first-order valence-corrected chi connectivity index (χ1v) is 10.6. The van der Waals surface area contributed by atoms with Crippen molar-refractivity contribution in [1.82, 2.24) is 20.9 Å². The Hall–Kier alpha value is -2.57. The minimum absolute atomic E-state index is 0.0304. The maximum Gasteiger partial charge on any atom is 0.251 e. The van der Waals surface area contributed by atoms with Crippen LogP contribution in [0.4, 0.5) is 0 Å². The topological polar surface area (TPSA) is 85.8 Å². The van der Waals surface area contributed by atoms with E-state index in [1.54, 1.807) is 7.05 Å². The number of hydrogen-bond donors (Lipinski definition) is 3. The van der Waals surface area contributed by atoms with Crippen molar-refractivity contribution >= 4 is 17.8 Å². The van der Waals surface area contributed by atoms with Crippen molar-refractivity contribution in [2.75, 3.05) is 26.7 Å². The first-order chi connectivity index (χ1) is 13.9. The lowest BCUT2D eigenvalue weighted by atomic mass is 10.1. The van der Waals surface area contributed by atoms with E-state index in [1.807, 2.05) is 43.0 Å². The molecule has 7 heteroatoms. The van der Waals surface area contributed by atoms with E-state index >= 15 is 0 Å². The van der Waals surface area contributed by atoms with Crippen LogP contribution in [0.25, 0.3) is 0 Å². The number of carbonyl (C=O) groups excluding carboxylic acids is 2. The average Bonchev–Trinajstić information content (AvgIpc) is 3.19. The predicted octanol–water partition coefficient (Wildman–Crippen LogP) is 2.14. The summed E-state index contributed by atoms with van der Waals surface area (Å²) in [5.74, 6) is 0.923. The number of carbonyl (C=O) groups is 2. The van der Waals surface area contributed by atoms with Crippen molar-refractivity contribution in [3.05, 3.63) is 35.4 Å². The third kappa shape index (κ3) is 7.07. The highest BCUT2D eigenvalue weighted by Crippen LogP contribution is 2.12. The number of hydrogen-bond acceptors (Lipinski definition) is 3. The summed E-state index contributed by atoms with van der Waals surface area (Å²) in [5, 5.41) is 9.63. The molecule has 1 unspecified atom stereocenters. The molecule has 2 amide bonds. The van der Waals surface area contributed by atoms with Crippen LogP contribution in [0.2, 0.25) is 0 Å². The van der Waals surface area contributed by atoms with Crippen LogP contribution in [-0.4, -0.2) is 55.4 Å². The van der Waals surface area contributed by atoms with E-state index in [0.29, 0.717) is 25.2 Å². The molecule has 0 spiro atoms. The third-order valence-corrected chi connectivity index (χ3v) is 5.05. The molecule has 160 valence electrons. The van der Waals surface area contributed by atoms with Gasteiger partial charge in [-0.3, -0.25) is 14.6 Å². The fraction of sp³-hybridized carbons (Fsp3) is 0.591. The van der Waals surface area contributed by atoms with Gasteiger partial charge in [-0.15, -0.1) is 0 Å². The van der Waals surface area contributed by atoms with Crippen LogP contribution in [-0.2, 0) is 11.3 Å². The van der Waals surface area contributed by atoms with E-state index in [0.717, 1.165) is 37.3 Å². The standard InChI is InChI=1S/C22H35N5O2/c1-5-6-12-24-20(28)18-9-7-17(8-10-18)14-25-22(23-4)26-19-11-13-27(15-19)21(29)16(2)3/h7-10,16,19H,5-6,11-15H2,1-4H3,(H,24,28)(H2,23,25,26). The van der Waals surface area contributed by atoms with Gasteiger partial charge in [0.2, 0.25) is 5.91 Å². The van der Waals surface area contributed by atoms with Gasteiger partial charge in [0.05, 0.1) is 0 Å². The average molecular weight is 402 g/mol. The van der Waals surface area contributed by atoms with E-state index in [-0.39, 0.29) is 23.8 Å². The summed E-state index contributed by atoms with van der Waals surface area (Å²) in [6.07, 6.45) is 2.97. The normalized spacial score (nSPS) is 16.8. The third-order valence-electron chi connectivity index (χ3n) is 5.05. The first-order valence-electron chi connectivity index (χ1n) is 10.6. The quantitative estimate of drug-likeness (QED) is 0.354. The van der Waals surface area contributed by atoms with Crippen molar-refractivity contribution in [2.24, 2.45) is 10.9 Å². The summed E-state index contributed by atoms with van der Waals surface area (Å²) in [5.41, 5.74) is 1.74. The molecule has 2 rings (SSSR count). The molecular weight excluding hydrogens is 366 g/mol. The van der Waals surface area contributed by atoms with E-state index in [2.05, 4.69) is 27.9 Å². The maximum atomic E-state index is 12.1. The Morgan fingerprint density at radius 3 is 2.55 bits per heavy atom. The molecule has 1 aliphatic rings. The number of nitrogens with one attached hydrogen (secondary N) is 3. The van der Waals surface area contributed by atoms with Gasteiger partial charge in [-0.2, -0.15) is 0 Å². The van der Waals surface area contributed by atoms with Crippen LogP contribution < -0.4 is 16.0 Å². The molecule has 1 aromatic carbocycles. The van der Waals surface area contributed by atoms with Gasteiger partial charge in [0, 0.05) is 50.7 Å². The molecule has 3 N–H and O–H groups in total. The number of benzene rings is 1. The van der Waals surface area contributed by atoms with E-state index < -0.39 is 0 Å². The van der Waals surface area contributed by atoms with Crippen LogP contribution in [0.3, 0.4) is 0 Å². The van der Waals surface area contributed by atoms with Crippen LogP contribution in [0.1, 0.15) is 56.0 Å². The van der Waals surface area contributed by atoms with Crippen molar-refractivity contribution < 1.29 is 9.59 Å². The Balaban J connectivity index is 1.79. The van der Waals surface area contributed by atoms with Crippen LogP contribution >= 0.6 is 0 Å². The molecule has 0 aliphatic carbocycles. The van der Waals surface area contributed by atoms with Gasteiger partial charge in [-0.25, -0.2) is 0 Å². The predicted molar refractivity (Wildman–Crippen MR) is 117 cm³/mol. The summed E-state index contributed by atoms with van der Waals surface area (Å²) in [6, 6.07) is 7.81. The van der Waals surface area contributed by atoms with Gasteiger partial charge in [0.15, 0.2) is 5.96 Å². The summed E-state index contributed by atoms with van der Waals surface area (Å²) in [6.45, 7) is 8.78. The highest BCUT2D eigenvalue weighted by atomic mass is 16.2. The Kier molecular flexibility index (Phi) is 8.96. The zero-order valence-corrected chi connectivity index (χ0v) is 18.1.